The fraction of sp³-hybridized carbons (Fsp3) is 0.333. The van der Waals surface area contributed by atoms with Crippen LogP contribution in [0.5, 0.6) is 0 Å². The Morgan fingerprint density at radius 1 is 1.42 bits per heavy atom. The predicted molar refractivity (Wildman–Crippen MR) is 72.9 cm³/mol. The van der Waals surface area contributed by atoms with Gasteiger partial charge >= 0.3 is 0 Å². The van der Waals surface area contributed by atoms with E-state index in [9.17, 15) is 0 Å². The van der Waals surface area contributed by atoms with E-state index in [1.54, 1.807) is 6.20 Å². The Kier molecular flexibility index (Phi) is 4.78. The molecular formula is C12H14N6S. The third kappa shape index (κ3) is 3.98. The first-order chi connectivity index (χ1) is 9.29. The van der Waals surface area contributed by atoms with Crippen LogP contribution in [0.25, 0.3) is 0 Å². The van der Waals surface area contributed by atoms with E-state index in [0.29, 0.717) is 31.1 Å². The maximum Gasteiger partial charge on any atom is 0.132 e. The highest BCUT2D eigenvalue weighted by Gasteiger charge is 2.11. The molecule has 0 aliphatic heterocycles. The summed E-state index contributed by atoms with van der Waals surface area (Å²) in [6.07, 6.45) is 4.03. The van der Waals surface area contributed by atoms with E-state index < -0.39 is 0 Å². The second kappa shape index (κ2) is 6.78. The van der Waals surface area contributed by atoms with Crippen molar-refractivity contribution in [1.29, 1.82) is 5.26 Å². The van der Waals surface area contributed by atoms with Crippen LogP contribution >= 0.6 is 11.5 Å². The molecule has 0 aliphatic carbocycles. The molecule has 2 rings (SSSR count). The normalized spacial score (nSPS) is 10.5. The van der Waals surface area contributed by atoms with Crippen molar-refractivity contribution in [2.75, 3.05) is 12.3 Å². The lowest BCUT2D eigenvalue weighted by Crippen LogP contribution is -2.24. The van der Waals surface area contributed by atoms with Crippen LogP contribution in [-0.2, 0) is 13.1 Å². The molecule has 2 aromatic rings. The van der Waals surface area contributed by atoms with Gasteiger partial charge in [-0.1, -0.05) is 10.6 Å². The maximum atomic E-state index is 8.72. The number of hydrogen-bond donors (Lipinski definition) is 1. The number of hydrogen-bond acceptors (Lipinski definition) is 7. The van der Waals surface area contributed by atoms with E-state index in [0.717, 1.165) is 11.3 Å². The van der Waals surface area contributed by atoms with E-state index >= 15 is 0 Å². The van der Waals surface area contributed by atoms with Gasteiger partial charge < -0.3 is 5.73 Å². The molecule has 7 heteroatoms. The van der Waals surface area contributed by atoms with Crippen molar-refractivity contribution in [3.63, 3.8) is 0 Å². The van der Waals surface area contributed by atoms with Crippen LogP contribution in [0.2, 0.25) is 0 Å². The summed E-state index contributed by atoms with van der Waals surface area (Å²) in [5.74, 6) is 0. The average molecular weight is 274 g/mol. The number of nitriles is 1. The molecule has 0 atom stereocenters. The van der Waals surface area contributed by atoms with Crippen LogP contribution in [0.3, 0.4) is 0 Å². The molecule has 6 nitrogen and oxygen atoms in total. The highest BCUT2D eigenvalue weighted by molar-refractivity contribution is 7.09. The van der Waals surface area contributed by atoms with Gasteiger partial charge in [-0.05, 0) is 11.6 Å². The lowest BCUT2D eigenvalue weighted by Gasteiger charge is -2.19. The lowest BCUT2D eigenvalue weighted by atomic mass is 10.2. The third-order valence-electron chi connectivity index (χ3n) is 2.63. The summed E-state index contributed by atoms with van der Waals surface area (Å²) < 4.78 is 3.82. The van der Waals surface area contributed by atoms with E-state index in [1.807, 2.05) is 18.3 Å². The van der Waals surface area contributed by atoms with E-state index in [1.165, 1.54) is 11.5 Å². The van der Waals surface area contributed by atoms with Gasteiger partial charge in [0, 0.05) is 50.0 Å². The zero-order chi connectivity index (χ0) is 13.5. The number of nitrogens with zero attached hydrogens (tertiary/aromatic N) is 5. The highest BCUT2D eigenvalue weighted by atomic mass is 32.1. The summed E-state index contributed by atoms with van der Waals surface area (Å²) in [6, 6.07) is 6.06. The van der Waals surface area contributed by atoms with Crippen molar-refractivity contribution in [3.8, 4) is 6.07 Å². The van der Waals surface area contributed by atoms with E-state index in [4.69, 9.17) is 11.0 Å². The van der Waals surface area contributed by atoms with Gasteiger partial charge in [-0.2, -0.15) is 5.26 Å². The molecule has 0 spiro atoms. The maximum absolute atomic E-state index is 8.72. The van der Waals surface area contributed by atoms with Crippen molar-refractivity contribution in [1.82, 2.24) is 19.5 Å². The number of anilines is 1. The minimum Gasteiger partial charge on any atom is -0.388 e. The van der Waals surface area contributed by atoms with Crippen LogP contribution < -0.4 is 5.73 Å². The number of aromatic nitrogens is 3. The van der Waals surface area contributed by atoms with Crippen LogP contribution in [0.1, 0.15) is 17.7 Å². The summed E-state index contributed by atoms with van der Waals surface area (Å²) in [4.78, 5) is 6.21. The number of rotatable bonds is 6. The molecule has 0 radical (unpaired) electrons. The summed E-state index contributed by atoms with van der Waals surface area (Å²) in [5, 5.41) is 13.4. The molecule has 0 aromatic carbocycles. The molecular weight excluding hydrogens is 260 g/mol. The Labute approximate surface area is 115 Å². The predicted octanol–water partition coefficient (Wildman–Crippen LogP) is 1.43. The zero-order valence-corrected chi connectivity index (χ0v) is 11.2. The monoisotopic (exact) mass is 274 g/mol. The van der Waals surface area contributed by atoms with Crippen molar-refractivity contribution < 1.29 is 0 Å². The van der Waals surface area contributed by atoms with E-state index in [-0.39, 0.29) is 0 Å². The number of nitrogens with two attached hydrogens (primary N) is 1. The van der Waals surface area contributed by atoms with Gasteiger partial charge in [0.15, 0.2) is 0 Å². The van der Waals surface area contributed by atoms with Crippen molar-refractivity contribution in [3.05, 3.63) is 35.8 Å². The molecule has 0 bridgehead atoms. The molecule has 0 amide bonds. The minimum atomic E-state index is 0.470. The van der Waals surface area contributed by atoms with Gasteiger partial charge in [-0.3, -0.25) is 9.88 Å². The van der Waals surface area contributed by atoms with Gasteiger partial charge in [0.25, 0.3) is 0 Å². The first-order valence-electron chi connectivity index (χ1n) is 5.84. The van der Waals surface area contributed by atoms with Crippen molar-refractivity contribution >= 4 is 16.5 Å². The Balaban J connectivity index is 2.04. The lowest BCUT2D eigenvalue weighted by molar-refractivity contribution is 0.260. The quantitative estimate of drug-likeness (QED) is 0.856. The average Bonchev–Trinajstić information content (AvgIpc) is 2.83. The fourth-order valence-electron chi connectivity index (χ4n) is 1.71. The first-order valence-corrected chi connectivity index (χ1v) is 6.62. The SMILES string of the molecule is N#CCCN(Cc1cccnc1)Cc1nnsc1N. The van der Waals surface area contributed by atoms with Gasteiger partial charge in [-0.25, -0.2) is 0 Å². The fourth-order valence-corrected chi connectivity index (χ4v) is 2.15. The van der Waals surface area contributed by atoms with Gasteiger partial charge in [0.2, 0.25) is 0 Å². The smallest absolute Gasteiger partial charge is 0.132 e. The van der Waals surface area contributed by atoms with E-state index in [2.05, 4.69) is 25.5 Å². The standard InChI is InChI=1S/C12H14N6S/c13-4-2-6-18(8-10-3-1-5-15-7-10)9-11-12(14)19-17-16-11/h1,3,5,7H,2,6,8-9,14H2. The molecule has 2 heterocycles. The third-order valence-corrected chi connectivity index (χ3v) is 3.22. The van der Waals surface area contributed by atoms with Gasteiger partial charge in [-0.15, -0.1) is 5.10 Å². The van der Waals surface area contributed by atoms with Gasteiger partial charge in [0.1, 0.15) is 10.7 Å². The molecule has 0 unspecified atom stereocenters. The van der Waals surface area contributed by atoms with Gasteiger partial charge in [0.05, 0.1) is 6.07 Å². The first kappa shape index (κ1) is 13.4. The van der Waals surface area contributed by atoms with Crippen molar-refractivity contribution in [2.24, 2.45) is 0 Å². The van der Waals surface area contributed by atoms with Crippen LogP contribution in [0.15, 0.2) is 24.5 Å². The summed E-state index contributed by atoms with van der Waals surface area (Å²) in [7, 11) is 0. The molecule has 0 saturated carbocycles. The summed E-state index contributed by atoms with van der Waals surface area (Å²) in [5.41, 5.74) is 7.67. The second-order valence-electron chi connectivity index (χ2n) is 4.06. The van der Waals surface area contributed by atoms with Crippen LogP contribution in [0, 0.1) is 11.3 Å². The minimum absolute atomic E-state index is 0.470. The van der Waals surface area contributed by atoms with Crippen molar-refractivity contribution in [2.45, 2.75) is 19.5 Å². The Hall–Kier alpha value is -2.04. The zero-order valence-electron chi connectivity index (χ0n) is 10.4. The number of nitrogen functional groups attached to an aromatic ring is 1. The topological polar surface area (TPSA) is 91.7 Å². The molecule has 0 fully saturated rings. The largest absolute Gasteiger partial charge is 0.388 e. The molecule has 19 heavy (non-hydrogen) atoms. The Morgan fingerprint density at radius 2 is 2.32 bits per heavy atom. The second-order valence-corrected chi connectivity index (χ2v) is 4.85. The molecule has 0 saturated heterocycles. The summed E-state index contributed by atoms with van der Waals surface area (Å²) in [6.45, 7) is 1.98. The summed E-state index contributed by atoms with van der Waals surface area (Å²) >= 11 is 1.19. The Morgan fingerprint density at radius 3 is 2.95 bits per heavy atom. The molecule has 2 N–H and O–H groups in total. The van der Waals surface area contributed by atoms with Crippen LogP contribution in [-0.4, -0.2) is 26.0 Å². The highest BCUT2D eigenvalue weighted by Crippen LogP contribution is 2.16. The molecule has 0 aliphatic rings. The Bertz CT molecular complexity index is 547. The molecule has 98 valence electrons. The number of pyridine rings is 1. The van der Waals surface area contributed by atoms with Crippen LogP contribution in [0.4, 0.5) is 5.00 Å². The molecule has 2 aromatic heterocycles.